The number of hydrogen-bond donors (Lipinski definition) is 0. The summed E-state index contributed by atoms with van der Waals surface area (Å²) in [5, 5.41) is 0. The molecule has 3 nitrogen and oxygen atoms in total. The first-order valence-electron chi connectivity index (χ1n) is 12.9. The van der Waals surface area contributed by atoms with E-state index in [1.807, 2.05) is 24.3 Å². The molecule has 0 spiro atoms. The zero-order valence-corrected chi connectivity index (χ0v) is 20.6. The Kier molecular flexibility index (Phi) is 10.1. The van der Waals surface area contributed by atoms with Crippen LogP contribution in [0.2, 0.25) is 0 Å². The highest BCUT2D eigenvalue weighted by Gasteiger charge is 2.17. The molecule has 178 valence electrons. The fourth-order valence-corrected chi connectivity index (χ4v) is 4.60. The summed E-state index contributed by atoms with van der Waals surface area (Å²) < 4.78 is 10.3. The maximum Gasteiger partial charge on any atom is 0.513 e. The Labute approximate surface area is 200 Å². The van der Waals surface area contributed by atoms with Gasteiger partial charge in [-0.15, -0.1) is 0 Å². The Morgan fingerprint density at radius 1 is 0.939 bits per heavy atom. The van der Waals surface area contributed by atoms with E-state index in [1.165, 1.54) is 56.1 Å². The molecule has 0 fully saturated rings. The number of carbonyl (C=O) groups excluding carboxylic acids is 1. The quantitative estimate of drug-likeness (QED) is 0.195. The average molecular weight is 449 g/mol. The van der Waals surface area contributed by atoms with E-state index in [4.69, 9.17) is 9.47 Å². The molecule has 3 heteroatoms. The SMILES string of the molecule is CCCCOC(=O)Oc1ccc(-c2ccc(C3=CCC(CCC(CC)CC)CC3)cc2)cc1. The van der Waals surface area contributed by atoms with Crippen molar-refractivity contribution in [2.75, 3.05) is 6.61 Å². The molecule has 0 aliphatic heterocycles. The van der Waals surface area contributed by atoms with E-state index >= 15 is 0 Å². The molecule has 0 heterocycles. The summed E-state index contributed by atoms with van der Waals surface area (Å²) in [6.07, 6.45) is 12.8. The molecule has 0 aromatic heterocycles. The Bertz CT molecular complexity index is 876. The van der Waals surface area contributed by atoms with Crippen LogP contribution in [-0.4, -0.2) is 12.8 Å². The molecule has 3 rings (SSSR count). The van der Waals surface area contributed by atoms with Crippen molar-refractivity contribution in [2.45, 2.75) is 78.6 Å². The minimum atomic E-state index is -0.640. The van der Waals surface area contributed by atoms with Gasteiger partial charge in [-0.05, 0) is 78.3 Å². The van der Waals surface area contributed by atoms with E-state index in [9.17, 15) is 4.79 Å². The second kappa shape index (κ2) is 13.2. The molecule has 0 bridgehead atoms. The summed E-state index contributed by atoms with van der Waals surface area (Å²) in [7, 11) is 0. The molecular weight excluding hydrogens is 408 g/mol. The Morgan fingerprint density at radius 2 is 1.58 bits per heavy atom. The van der Waals surface area contributed by atoms with Crippen molar-refractivity contribution in [2.24, 2.45) is 11.8 Å². The summed E-state index contributed by atoms with van der Waals surface area (Å²) in [4.78, 5) is 11.7. The van der Waals surface area contributed by atoms with Crippen LogP contribution in [0.1, 0.15) is 84.1 Å². The number of unbranched alkanes of at least 4 members (excludes halogenated alkanes) is 1. The van der Waals surface area contributed by atoms with Gasteiger partial charge in [-0.25, -0.2) is 4.79 Å². The lowest BCUT2D eigenvalue weighted by Gasteiger charge is -2.24. The molecule has 0 N–H and O–H groups in total. The minimum absolute atomic E-state index is 0.398. The predicted octanol–water partition coefficient (Wildman–Crippen LogP) is 9.07. The number of allylic oxidation sites excluding steroid dienone is 2. The van der Waals surface area contributed by atoms with E-state index in [0.29, 0.717) is 12.4 Å². The van der Waals surface area contributed by atoms with Crippen LogP contribution >= 0.6 is 0 Å². The Balaban J connectivity index is 1.52. The minimum Gasteiger partial charge on any atom is -0.434 e. The molecular formula is C30H40O3. The van der Waals surface area contributed by atoms with E-state index in [-0.39, 0.29) is 0 Å². The highest BCUT2D eigenvalue weighted by Crippen LogP contribution is 2.34. The van der Waals surface area contributed by atoms with Gasteiger partial charge < -0.3 is 9.47 Å². The molecule has 2 aromatic carbocycles. The number of hydrogen-bond acceptors (Lipinski definition) is 3. The molecule has 0 saturated heterocycles. The maximum atomic E-state index is 11.7. The monoisotopic (exact) mass is 448 g/mol. The van der Waals surface area contributed by atoms with Gasteiger partial charge in [-0.2, -0.15) is 0 Å². The van der Waals surface area contributed by atoms with Crippen LogP contribution < -0.4 is 4.74 Å². The van der Waals surface area contributed by atoms with Crippen LogP contribution in [0, 0.1) is 11.8 Å². The van der Waals surface area contributed by atoms with Crippen LogP contribution in [0.15, 0.2) is 54.6 Å². The number of rotatable bonds is 11. The van der Waals surface area contributed by atoms with Crippen molar-refractivity contribution in [3.63, 3.8) is 0 Å². The zero-order chi connectivity index (χ0) is 23.5. The van der Waals surface area contributed by atoms with E-state index in [1.54, 1.807) is 0 Å². The number of carbonyl (C=O) groups is 1. The highest BCUT2D eigenvalue weighted by atomic mass is 16.7. The second-order valence-electron chi connectivity index (χ2n) is 9.29. The summed E-state index contributed by atoms with van der Waals surface area (Å²) in [6.45, 7) is 7.10. The van der Waals surface area contributed by atoms with Gasteiger partial charge in [0, 0.05) is 0 Å². The molecule has 1 aliphatic carbocycles. The molecule has 0 amide bonds. The molecule has 2 aromatic rings. The number of ether oxygens (including phenoxy) is 2. The largest absolute Gasteiger partial charge is 0.513 e. The Hall–Kier alpha value is -2.55. The molecule has 33 heavy (non-hydrogen) atoms. The van der Waals surface area contributed by atoms with Crippen LogP contribution in [0.25, 0.3) is 16.7 Å². The van der Waals surface area contributed by atoms with Crippen LogP contribution in [0.3, 0.4) is 0 Å². The first-order valence-corrected chi connectivity index (χ1v) is 12.9. The lowest BCUT2D eigenvalue weighted by molar-refractivity contribution is 0.0978. The highest BCUT2D eigenvalue weighted by molar-refractivity contribution is 5.71. The topological polar surface area (TPSA) is 35.5 Å². The van der Waals surface area contributed by atoms with Crippen molar-refractivity contribution in [1.29, 1.82) is 0 Å². The summed E-state index contributed by atoms with van der Waals surface area (Å²) >= 11 is 0. The lowest BCUT2D eigenvalue weighted by atomic mass is 9.82. The average Bonchev–Trinajstić information content (AvgIpc) is 2.86. The fraction of sp³-hybridized carbons (Fsp3) is 0.500. The van der Waals surface area contributed by atoms with Crippen molar-refractivity contribution in [1.82, 2.24) is 0 Å². The van der Waals surface area contributed by atoms with E-state index in [2.05, 4.69) is 51.1 Å². The third-order valence-electron chi connectivity index (χ3n) is 7.02. The standard InChI is InChI=1S/C30H40O3/c1-4-7-22-32-30(31)33-29-20-18-28(19-21-29)27-16-14-26(15-17-27)25-12-10-24(11-13-25)9-8-23(5-2)6-3/h12,14-21,23-24H,4-11,13,22H2,1-3H3. The number of benzene rings is 2. The van der Waals surface area contributed by atoms with Crippen LogP contribution in [0.4, 0.5) is 4.79 Å². The molecule has 1 aliphatic rings. The van der Waals surface area contributed by atoms with Gasteiger partial charge in [0.25, 0.3) is 0 Å². The normalized spacial score (nSPS) is 15.9. The molecule has 0 radical (unpaired) electrons. The van der Waals surface area contributed by atoms with Gasteiger partial charge in [-0.3, -0.25) is 0 Å². The predicted molar refractivity (Wildman–Crippen MR) is 137 cm³/mol. The van der Waals surface area contributed by atoms with Gasteiger partial charge in [-0.1, -0.05) is 88.9 Å². The van der Waals surface area contributed by atoms with Gasteiger partial charge in [0.15, 0.2) is 0 Å². The van der Waals surface area contributed by atoms with Gasteiger partial charge in [0.05, 0.1) is 6.61 Å². The van der Waals surface area contributed by atoms with Crippen LogP contribution in [-0.2, 0) is 4.74 Å². The lowest BCUT2D eigenvalue weighted by Crippen LogP contribution is -2.11. The summed E-state index contributed by atoms with van der Waals surface area (Å²) in [5.74, 6) is 2.27. The van der Waals surface area contributed by atoms with Crippen molar-refractivity contribution >= 4 is 11.7 Å². The summed E-state index contributed by atoms with van der Waals surface area (Å²) in [6, 6.07) is 16.4. The molecule has 0 saturated carbocycles. The molecule has 1 unspecified atom stereocenters. The Morgan fingerprint density at radius 3 is 2.15 bits per heavy atom. The first-order chi connectivity index (χ1) is 16.1. The van der Waals surface area contributed by atoms with Gasteiger partial charge in [0.1, 0.15) is 5.75 Å². The summed E-state index contributed by atoms with van der Waals surface area (Å²) in [5.41, 5.74) is 5.10. The van der Waals surface area contributed by atoms with E-state index in [0.717, 1.165) is 35.8 Å². The maximum absolute atomic E-state index is 11.7. The van der Waals surface area contributed by atoms with Crippen LogP contribution in [0.5, 0.6) is 5.75 Å². The van der Waals surface area contributed by atoms with Gasteiger partial charge >= 0.3 is 6.16 Å². The smallest absolute Gasteiger partial charge is 0.434 e. The first kappa shape index (κ1) is 25.1. The third-order valence-corrected chi connectivity index (χ3v) is 7.02. The fourth-order valence-electron chi connectivity index (χ4n) is 4.60. The van der Waals surface area contributed by atoms with Crippen molar-refractivity contribution in [3.05, 3.63) is 60.2 Å². The second-order valence-corrected chi connectivity index (χ2v) is 9.29. The van der Waals surface area contributed by atoms with E-state index < -0.39 is 6.16 Å². The van der Waals surface area contributed by atoms with Crippen molar-refractivity contribution < 1.29 is 14.3 Å². The molecule has 1 atom stereocenters. The van der Waals surface area contributed by atoms with Crippen molar-refractivity contribution in [3.8, 4) is 16.9 Å². The van der Waals surface area contributed by atoms with Gasteiger partial charge in [0.2, 0.25) is 0 Å². The third kappa shape index (κ3) is 7.77. The zero-order valence-electron chi connectivity index (χ0n) is 20.6.